The summed E-state index contributed by atoms with van der Waals surface area (Å²) < 4.78 is 6.04. The molecule has 2 aromatic heterocycles. The Bertz CT molecular complexity index is 1320. The van der Waals surface area contributed by atoms with E-state index >= 15 is 0 Å². The molecule has 4 N–H and O–H groups in total. The van der Waals surface area contributed by atoms with E-state index in [1.54, 1.807) is 9.13 Å². The van der Waals surface area contributed by atoms with Gasteiger partial charge in [-0.25, -0.2) is 9.59 Å². The average Bonchev–Trinajstić information content (AvgIpc) is 3.79. The molecule has 0 unspecified atom stereocenters. The van der Waals surface area contributed by atoms with Crippen LogP contribution in [0.1, 0.15) is 103 Å². The summed E-state index contributed by atoms with van der Waals surface area (Å²) in [6, 6.07) is 2.84. The van der Waals surface area contributed by atoms with Crippen molar-refractivity contribution in [2.75, 3.05) is 11.5 Å². The fraction of sp³-hybridized carbons (Fsp3) is 0.750. The van der Waals surface area contributed by atoms with Crippen LogP contribution in [0.3, 0.4) is 0 Å². The molecular weight excluding hydrogens is 532 g/mol. The Morgan fingerprint density at radius 2 is 0.690 bits per heavy atom. The molecule has 4 aliphatic rings. The molecule has 4 saturated carbocycles. The van der Waals surface area contributed by atoms with Gasteiger partial charge in [0.25, 0.3) is 11.1 Å². The van der Waals surface area contributed by atoms with Gasteiger partial charge >= 0.3 is 11.4 Å². The van der Waals surface area contributed by atoms with Crippen molar-refractivity contribution < 1.29 is 0 Å². The van der Waals surface area contributed by atoms with Crippen molar-refractivity contribution in [2.45, 2.75) is 129 Å². The summed E-state index contributed by atoms with van der Waals surface area (Å²) >= 11 is 0. The third-order valence-corrected chi connectivity index (χ3v) is 10.3. The molecule has 0 aliphatic heterocycles. The molecule has 0 bridgehead atoms. The molecule has 4 fully saturated rings. The molecule has 4 aliphatic carbocycles. The highest BCUT2D eigenvalue weighted by Crippen LogP contribution is 2.28. The highest BCUT2D eigenvalue weighted by atomic mass is 16.2. The Hall–Kier alpha value is -3.04. The maximum Gasteiger partial charge on any atom is 0.332 e. The molecule has 0 aromatic carbocycles. The largest absolute Gasteiger partial charge is 0.385 e. The summed E-state index contributed by atoms with van der Waals surface area (Å²) in [4.78, 5) is 49.5. The van der Waals surface area contributed by atoms with Crippen molar-refractivity contribution in [2.24, 2.45) is 23.7 Å². The van der Waals surface area contributed by atoms with E-state index in [1.165, 1.54) is 72.6 Å². The van der Waals surface area contributed by atoms with Crippen molar-refractivity contribution >= 4 is 11.6 Å². The van der Waals surface area contributed by atoms with Crippen LogP contribution in [0.2, 0.25) is 0 Å². The molecule has 2 aromatic rings. The third-order valence-electron chi connectivity index (χ3n) is 10.3. The SMILES string of the molecule is Nc1cc(=O)n(CC2CCCC2)c(=O)n1CC1CCCC1.Nc1cc(=O)n(CC2CCCC2)c(=O)n1CC1CCCC1. The first-order valence-corrected chi connectivity index (χ1v) is 16.5. The Morgan fingerprint density at radius 3 is 0.952 bits per heavy atom. The lowest BCUT2D eigenvalue weighted by Gasteiger charge is -2.17. The van der Waals surface area contributed by atoms with Crippen LogP contribution in [0.15, 0.2) is 31.3 Å². The Balaban J connectivity index is 0.000000168. The van der Waals surface area contributed by atoms with Gasteiger partial charge in [0.2, 0.25) is 0 Å². The normalized spacial score (nSPS) is 20.4. The van der Waals surface area contributed by atoms with E-state index in [4.69, 9.17) is 11.5 Å². The number of nitrogen functional groups attached to an aromatic ring is 2. The minimum atomic E-state index is -0.243. The molecule has 6 rings (SSSR count). The van der Waals surface area contributed by atoms with Crippen LogP contribution < -0.4 is 34.0 Å². The molecule has 0 atom stereocenters. The van der Waals surface area contributed by atoms with E-state index in [0.717, 1.165) is 51.4 Å². The van der Waals surface area contributed by atoms with E-state index in [0.29, 0.717) is 61.5 Å². The van der Waals surface area contributed by atoms with Gasteiger partial charge in [0.1, 0.15) is 11.6 Å². The number of rotatable bonds is 8. The van der Waals surface area contributed by atoms with E-state index < -0.39 is 0 Å². The van der Waals surface area contributed by atoms with Gasteiger partial charge in [0.15, 0.2) is 0 Å². The highest BCUT2D eigenvalue weighted by molar-refractivity contribution is 5.27. The Kier molecular flexibility index (Phi) is 10.1. The van der Waals surface area contributed by atoms with Crippen molar-refractivity contribution in [3.8, 4) is 0 Å². The quantitative estimate of drug-likeness (QED) is 0.483. The van der Waals surface area contributed by atoms with Gasteiger partial charge in [-0.2, -0.15) is 0 Å². The first-order chi connectivity index (χ1) is 20.3. The number of aromatic nitrogens is 4. The molecule has 2 heterocycles. The molecule has 0 radical (unpaired) electrons. The number of hydrogen-bond donors (Lipinski definition) is 2. The predicted octanol–water partition coefficient (Wildman–Crippen LogP) is 3.95. The molecule has 0 amide bonds. The first-order valence-electron chi connectivity index (χ1n) is 16.5. The molecule has 10 heteroatoms. The summed E-state index contributed by atoms with van der Waals surface area (Å²) in [6.07, 6.45) is 18.9. The number of nitrogens with zero attached hydrogens (tertiary/aromatic N) is 4. The zero-order chi connectivity index (χ0) is 29.6. The van der Waals surface area contributed by atoms with Gasteiger partial charge in [-0.3, -0.25) is 27.9 Å². The van der Waals surface area contributed by atoms with Crippen LogP contribution >= 0.6 is 0 Å². The zero-order valence-corrected chi connectivity index (χ0v) is 25.2. The maximum atomic E-state index is 12.6. The van der Waals surface area contributed by atoms with E-state index in [-0.39, 0.29) is 22.5 Å². The van der Waals surface area contributed by atoms with E-state index in [9.17, 15) is 19.2 Å². The molecule has 232 valence electrons. The minimum Gasteiger partial charge on any atom is -0.385 e. The second kappa shape index (κ2) is 14.0. The van der Waals surface area contributed by atoms with Crippen LogP contribution in [-0.4, -0.2) is 18.3 Å². The summed E-state index contributed by atoms with van der Waals surface area (Å²) in [5, 5.41) is 0. The number of hydrogen-bond acceptors (Lipinski definition) is 6. The van der Waals surface area contributed by atoms with Crippen molar-refractivity contribution in [1.82, 2.24) is 18.3 Å². The minimum absolute atomic E-state index is 0.209. The second-order valence-corrected chi connectivity index (χ2v) is 13.4. The summed E-state index contributed by atoms with van der Waals surface area (Å²) in [6.45, 7) is 2.44. The summed E-state index contributed by atoms with van der Waals surface area (Å²) in [5.74, 6) is 2.64. The third kappa shape index (κ3) is 7.29. The monoisotopic (exact) mass is 582 g/mol. The topological polar surface area (TPSA) is 140 Å². The van der Waals surface area contributed by atoms with Crippen LogP contribution in [0.4, 0.5) is 11.6 Å². The smallest absolute Gasteiger partial charge is 0.332 e. The predicted molar refractivity (Wildman–Crippen MR) is 167 cm³/mol. The number of nitrogens with two attached hydrogens (primary N) is 2. The van der Waals surface area contributed by atoms with Gasteiger partial charge in [-0.05, 0) is 75.0 Å². The maximum absolute atomic E-state index is 12.6. The fourth-order valence-corrected chi connectivity index (χ4v) is 7.77. The molecule has 0 saturated heterocycles. The Morgan fingerprint density at radius 1 is 0.452 bits per heavy atom. The van der Waals surface area contributed by atoms with Gasteiger partial charge in [0.05, 0.1) is 0 Å². The van der Waals surface area contributed by atoms with Crippen LogP contribution in [0, 0.1) is 23.7 Å². The lowest BCUT2D eigenvalue weighted by Crippen LogP contribution is -2.42. The van der Waals surface area contributed by atoms with Crippen LogP contribution in [0.5, 0.6) is 0 Å². The van der Waals surface area contributed by atoms with Crippen molar-refractivity contribution in [3.05, 3.63) is 53.8 Å². The molecule has 10 nitrogen and oxygen atoms in total. The summed E-state index contributed by atoms with van der Waals surface area (Å²) in [5.41, 5.74) is 10.9. The molecular formula is C32H50N6O4. The first kappa shape index (κ1) is 30.4. The van der Waals surface area contributed by atoms with Gasteiger partial charge in [-0.1, -0.05) is 51.4 Å². The summed E-state index contributed by atoms with van der Waals surface area (Å²) in [7, 11) is 0. The number of anilines is 2. The highest BCUT2D eigenvalue weighted by Gasteiger charge is 2.23. The average molecular weight is 583 g/mol. The standard InChI is InChI=1S/2C16H25N3O2/c2*17-14-9-15(20)19(11-13-7-3-4-8-13)16(21)18(14)10-12-5-1-2-6-12/h2*9,12-13H,1-8,10-11,17H2. The van der Waals surface area contributed by atoms with E-state index in [2.05, 4.69) is 0 Å². The lowest BCUT2D eigenvalue weighted by molar-refractivity contribution is 0.399. The fourth-order valence-electron chi connectivity index (χ4n) is 7.77. The Labute approximate surface area is 247 Å². The van der Waals surface area contributed by atoms with Gasteiger partial charge < -0.3 is 11.5 Å². The zero-order valence-electron chi connectivity index (χ0n) is 25.2. The second-order valence-electron chi connectivity index (χ2n) is 13.4. The van der Waals surface area contributed by atoms with E-state index in [1.807, 2.05) is 0 Å². The van der Waals surface area contributed by atoms with Crippen molar-refractivity contribution in [1.29, 1.82) is 0 Å². The van der Waals surface area contributed by atoms with Gasteiger partial charge in [-0.15, -0.1) is 0 Å². The lowest BCUT2D eigenvalue weighted by atomic mass is 10.1. The van der Waals surface area contributed by atoms with Gasteiger partial charge in [0, 0.05) is 38.3 Å². The van der Waals surface area contributed by atoms with Crippen LogP contribution in [0.25, 0.3) is 0 Å². The molecule has 42 heavy (non-hydrogen) atoms. The van der Waals surface area contributed by atoms with Crippen molar-refractivity contribution in [3.63, 3.8) is 0 Å². The molecule has 0 spiro atoms. The van der Waals surface area contributed by atoms with Crippen LogP contribution in [-0.2, 0) is 26.2 Å².